The van der Waals surface area contributed by atoms with Crippen LogP contribution in [0, 0.1) is 11.6 Å². The van der Waals surface area contributed by atoms with E-state index in [9.17, 15) is 8.78 Å². The van der Waals surface area contributed by atoms with Crippen LogP contribution in [0.4, 0.5) is 14.5 Å². The van der Waals surface area contributed by atoms with Crippen molar-refractivity contribution in [3.8, 4) is 17.1 Å². The zero-order valence-corrected chi connectivity index (χ0v) is 19.6. The number of nitrogens with one attached hydrogen (secondary N) is 1. The summed E-state index contributed by atoms with van der Waals surface area (Å²) in [6, 6.07) is 19.1. The first-order valence-corrected chi connectivity index (χ1v) is 11.2. The monoisotopic (exact) mass is 490 g/mol. The number of hydrogen-bond donors (Lipinski definition) is 1. The summed E-state index contributed by atoms with van der Waals surface area (Å²) in [6.45, 7) is 1.89. The molecule has 176 valence electrons. The predicted molar refractivity (Wildman–Crippen MR) is 133 cm³/mol. The minimum Gasteiger partial charge on any atom is -0.497 e. The standard InChI is InChI=1S/C26H20F2N4O2S/c1-15-22(25-30-24(31-34-25)17-3-7-18(27)8-4-17)23(16-5-13-21(33-2)14-6-16)29-26(35)32(15)20-11-9-19(28)10-12-20/h3-14,23H,1-2H3,(H,29,35). The summed E-state index contributed by atoms with van der Waals surface area (Å²) in [5, 5.41) is 7.92. The van der Waals surface area contributed by atoms with E-state index in [-0.39, 0.29) is 17.5 Å². The zero-order valence-electron chi connectivity index (χ0n) is 18.8. The van der Waals surface area contributed by atoms with Crippen LogP contribution >= 0.6 is 12.2 Å². The van der Waals surface area contributed by atoms with Crippen molar-refractivity contribution in [2.45, 2.75) is 13.0 Å². The second-order valence-electron chi connectivity index (χ2n) is 7.90. The van der Waals surface area contributed by atoms with E-state index in [2.05, 4.69) is 15.5 Å². The van der Waals surface area contributed by atoms with Crippen molar-refractivity contribution in [3.05, 3.63) is 102 Å². The molecule has 0 saturated heterocycles. The van der Waals surface area contributed by atoms with Gasteiger partial charge in [-0.3, -0.25) is 4.90 Å². The second kappa shape index (κ2) is 9.27. The summed E-state index contributed by atoms with van der Waals surface area (Å²) < 4.78 is 37.9. The second-order valence-corrected chi connectivity index (χ2v) is 8.28. The molecule has 2 heterocycles. The van der Waals surface area contributed by atoms with E-state index in [1.54, 1.807) is 36.3 Å². The highest BCUT2D eigenvalue weighted by Gasteiger charge is 2.34. The molecule has 1 aliphatic rings. The topological polar surface area (TPSA) is 63.4 Å². The van der Waals surface area contributed by atoms with E-state index < -0.39 is 6.04 Å². The Bertz CT molecular complexity index is 1400. The number of halogens is 2. The van der Waals surface area contributed by atoms with Crippen molar-refractivity contribution in [2.24, 2.45) is 0 Å². The number of nitrogens with zero attached hydrogens (tertiary/aromatic N) is 3. The first kappa shape index (κ1) is 22.7. The normalized spacial score (nSPS) is 15.8. The molecule has 1 N–H and O–H groups in total. The highest BCUT2D eigenvalue weighted by Crippen LogP contribution is 2.39. The number of hydrogen-bond acceptors (Lipinski definition) is 5. The van der Waals surface area contributed by atoms with E-state index in [1.807, 2.05) is 31.2 Å². The summed E-state index contributed by atoms with van der Waals surface area (Å²) in [6.07, 6.45) is 0. The first-order valence-electron chi connectivity index (χ1n) is 10.8. The maximum absolute atomic E-state index is 13.6. The van der Waals surface area contributed by atoms with Gasteiger partial charge in [-0.05, 0) is 85.4 Å². The molecule has 6 nitrogen and oxygen atoms in total. The quantitative estimate of drug-likeness (QED) is 0.350. The lowest BCUT2D eigenvalue weighted by Gasteiger charge is -2.37. The summed E-state index contributed by atoms with van der Waals surface area (Å²) in [5.41, 5.74) is 3.66. The van der Waals surface area contributed by atoms with Gasteiger partial charge in [-0.15, -0.1) is 0 Å². The molecule has 1 atom stereocenters. The van der Waals surface area contributed by atoms with E-state index in [4.69, 9.17) is 21.5 Å². The van der Waals surface area contributed by atoms with Crippen molar-refractivity contribution in [2.75, 3.05) is 12.0 Å². The molecule has 0 radical (unpaired) electrons. The Morgan fingerprint density at radius 2 is 1.57 bits per heavy atom. The summed E-state index contributed by atoms with van der Waals surface area (Å²) in [4.78, 5) is 6.41. The molecule has 9 heteroatoms. The highest BCUT2D eigenvalue weighted by atomic mass is 32.1. The molecule has 35 heavy (non-hydrogen) atoms. The molecule has 0 aliphatic carbocycles. The van der Waals surface area contributed by atoms with Crippen LogP contribution < -0.4 is 15.0 Å². The van der Waals surface area contributed by atoms with Crippen molar-refractivity contribution < 1.29 is 18.0 Å². The predicted octanol–water partition coefficient (Wildman–Crippen LogP) is 5.89. The minimum absolute atomic E-state index is 0.282. The van der Waals surface area contributed by atoms with Crippen LogP contribution in [0.25, 0.3) is 17.0 Å². The largest absolute Gasteiger partial charge is 0.497 e. The Morgan fingerprint density at radius 3 is 2.20 bits per heavy atom. The maximum atomic E-state index is 13.6. The number of ether oxygens (including phenoxy) is 1. The number of anilines is 1. The van der Waals surface area contributed by atoms with Gasteiger partial charge in [0.1, 0.15) is 17.4 Å². The molecule has 0 amide bonds. The zero-order chi connectivity index (χ0) is 24.5. The Hall–Kier alpha value is -4.11. The number of rotatable bonds is 5. The SMILES string of the molecule is COc1ccc(C2NC(=S)N(c3ccc(F)cc3)C(C)=C2c2nc(-c3ccc(F)cc3)no2)cc1. The van der Waals surface area contributed by atoms with Crippen molar-refractivity contribution in [3.63, 3.8) is 0 Å². The lowest BCUT2D eigenvalue weighted by atomic mass is 9.94. The maximum Gasteiger partial charge on any atom is 0.258 e. The smallest absolute Gasteiger partial charge is 0.258 e. The molecule has 0 fully saturated rings. The molecule has 1 unspecified atom stereocenters. The molecular weight excluding hydrogens is 470 g/mol. The molecule has 1 aromatic heterocycles. The van der Waals surface area contributed by atoms with Gasteiger partial charge in [0, 0.05) is 16.9 Å². The summed E-state index contributed by atoms with van der Waals surface area (Å²) >= 11 is 5.70. The Balaban J connectivity index is 1.63. The summed E-state index contributed by atoms with van der Waals surface area (Å²) in [7, 11) is 1.61. The fourth-order valence-electron chi connectivity index (χ4n) is 4.02. The van der Waals surface area contributed by atoms with Gasteiger partial charge < -0.3 is 14.6 Å². The van der Waals surface area contributed by atoms with Gasteiger partial charge in [0.15, 0.2) is 5.11 Å². The molecule has 5 rings (SSSR count). The van der Waals surface area contributed by atoms with Gasteiger partial charge in [-0.2, -0.15) is 4.98 Å². The third-order valence-corrected chi connectivity index (χ3v) is 6.08. The van der Waals surface area contributed by atoms with Crippen molar-refractivity contribution in [1.29, 1.82) is 0 Å². The van der Waals surface area contributed by atoms with Crippen LogP contribution in [0.1, 0.15) is 24.4 Å². The van der Waals surface area contributed by atoms with Gasteiger partial charge in [0.05, 0.1) is 18.7 Å². The molecule has 0 spiro atoms. The van der Waals surface area contributed by atoms with Gasteiger partial charge in [-0.25, -0.2) is 8.78 Å². The van der Waals surface area contributed by atoms with Gasteiger partial charge in [-0.1, -0.05) is 17.3 Å². The van der Waals surface area contributed by atoms with E-state index in [1.165, 1.54) is 24.3 Å². The number of methoxy groups -OCH3 is 1. The highest BCUT2D eigenvalue weighted by molar-refractivity contribution is 7.80. The van der Waals surface area contributed by atoms with Crippen LogP contribution in [0.5, 0.6) is 5.75 Å². The molecule has 0 bridgehead atoms. The number of thiocarbonyl (C=S) groups is 1. The number of aromatic nitrogens is 2. The Morgan fingerprint density at radius 1 is 0.943 bits per heavy atom. The fraction of sp³-hybridized carbons (Fsp3) is 0.115. The van der Waals surface area contributed by atoms with Crippen LogP contribution in [0.3, 0.4) is 0 Å². The van der Waals surface area contributed by atoms with E-state index in [0.717, 1.165) is 17.0 Å². The Kier molecular flexibility index (Phi) is 6.00. The van der Waals surface area contributed by atoms with E-state index in [0.29, 0.717) is 27.8 Å². The van der Waals surface area contributed by atoms with Crippen LogP contribution in [0.2, 0.25) is 0 Å². The number of allylic oxidation sites excluding steroid dienone is 1. The molecular formula is C26H20F2N4O2S. The van der Waals surface area contributed by atoms with Gasteiger partial charge >= 0.3 is 0 Å². The van der Waals surface area contributed by atoms with Crippen molar-refractivity contribution in [1.82, 2.24) is 15.5 Å². The van der Waals surface area contributed by atoms with Crippen LogP contribution in [-0.2, 0) is 0 Å². The molecule has 1 aliphatic heterocycles. The van der Waals surface area contributed by atoms with E-state index >= 15 is 0 Å². The first-order chi connectivity index (χ1) is 16.9. The van der Waals surface area contributed by atoms with Crippen molar-refractivity contribution >= 4 is 28.6 Å². The lowest BCUT2D eigenvalue weighted by Crippen LogP contribution is -2.46. The minimum atomic E-state index is -0.397. The number of benzene rings is 3. The molecule has 4 aromatic rings. The third-order valence-electron chi connectivity index (χ3n) is 5.78. The average molecular weight is 491 g/mol. The van der Waals surface area contributed by atoms with Crippen LogP contribution in [-0.4, -0.2) is 22.4 Å². The molecule has 3 aromatic carbocycles. The van der Waals surface area contributed by atoms with Gasteiger partial charge in [0.2, 0.25) is 5.82 Å². The van der Waals surface area contributed by atoms with Gasteiger partial charge in [0.25, 0.3) is 5.89 Å². The average Bonchev–Trinajstić information content (AvgIpc) is 3.35. The lowest BCUT2D eigenvalue weighted by molar-refractivity contribution is 0.404. The summed E-state index contributed by atoms with van der Waals surface area (Å²) in [5.74, 6) is 0.637. The van der Waals surface area contributed by atoms with Crippen LogP contribution in [0.15, 0.2) is 83.0 Å². The fourth-order valence-corrected chi connectivity index (χ4v) is 4.38. The third kappa shape index (κ3) is 4.38. The molecule has 0 saturated carbocycles. The Labute approximate surface area is 205 Å².